The molecule has 0 unspecified atom stereocenters. The predicted octanol–water partition coefficient (Wildman–Crippen LogP) is 3.10. The van der Waals surface area contributed by atoms with Crippen LogP contribution in [-0.2, 0) is 4.79 Å². The smallest absolute Gasteiger partial charge is 0.234 e. The Bertz CT molecular complexity index is 712. The lowest BCUT2D eigenvalue weighted by Gasteiger charge is -2.07. The van der Waals surface area contributed by atoms with Crippen LogP contribution in [0.3, 0.4) is 0 Å². The maximum Gasteiger partial charge on any atom is 0.234 e. The third kappa shape index (κ3) is 3.30. The molecule has 1 N–H and O–H groups in total. The summed E-state index contributed by atoms with van der Waals surface area (Å²) >= 11 is 1.35. The average Bonchev–Trinajstić information content (AvgIpc) is 3.24. The number of amides is 1. The van der Waals surface area contributed by atoms with Gasteiger partial charge in [-0.3, -0.25) is 4.79 Å². The number of halogens is 1. The average molecular weight is 320 g/mol. The number of anilines is 1. The number of hydrogen-bond donors (Lipinski definition) is 1. The molecule has 22 heavy (non-hydrogen) atoms. The monoisotopic (exact) mass is 320 g/mol. The van der Waals surface area contributed by atoms with E-state index < -0.39 is 0 Å². The van der Waals surface area contributed by atoms with Crippen molar-refractivity contribution in [3.8, 4) is 0 Å². The van der Waals surface area contributed by atoms with E-state index in [1.165, 1.54) is 17.8 Å². The SMILES string of the molecule is Cc1ccc(NC(=O)CSc2nnc(C)n2C2CC2)cc1F. The number of nitrogens with zero attached hydrogens (tertiary/aromatic N) is 3. The van der Waals surface area contributed by atoms with Gasteiger partial charge in [-0.05, 0) is 44.4 Å². The minimum Gasteiger partial charge on any atom is -0.325 e. The minimum atomic E-state index is -0.324. The van der Waals surface area contributed by atoms with Crippen LogP contribution >= 0.6 is 11.8 Å². The van der Waals surface area contributed by atoms with Gasteiger partial charge in [-0.1, -0.05) is 17.8 Å². The highest BCUT2D eigenvalue weighted by atomic mass is 32.2. The topological polar surface area (TPSA) is 59.8 Å². The summed E-state index contributed by atoms with van der Waals surface area (Å²) in [5, 5.41) is 11.7. The quantitative estimate of drug-likeness (QED) is 0.860. The van der Waals surface area contributed by atoms with Crippen molar-refractivity contribution >= 4 is 23.4 Å². The molecule has 0 atom stereocenters. The largest absolute Gasteiger partial charge is 0.325 e. The first-order valence-electron chi connectivity index (χ1n) is 7.15. The molecule has 0 radical (unpaired) electrons. The first kappa shape index (κ1) is 15.0. The molecular weight excluding hydrogens is 303 g/mol. The molecule has 0 saturated heterocycles. The van der Waals surface area contributed by atoms with Crippen LogP contribution in [0, 0.1) is 19.7 Å². The lowest BCUT2D eigenvalue weighted by atomic mass is 10.2. The first-order valence-corrected chi connectivity index (χ1v) is 8.13. The molecule has 1 aromatic carbocycles. The third-order valence-corrected chi connectivity index (χ3v) is 4.48. The first-order chi connectivity index (χ1) is 10.5. The van der Waals surface area contributed by atoms with Crippen molar-refractivity contribution in [1.29, 1.82) is 0 Å². The second kappa shape index (κ2) is 6.08. The maximum absolute atomic E-state index is 13.5. The van der Waals surface area contributed by atoms with Gasteiger partial charge in [-0.2, -0.15) is 0 Å². The number of thioether (sulfide) groups is 1. The Morgan fingerprint density at radius 1 is 1.41 bits per heavy atom. The van der Waals surface area contributed by atoms with Crippen LogP contribution in [-0.4, -0.2) is 26.4 Å². The molecule has 0 bridgehead atoms. The van der Waals surface area contributed by atoms with Gasteiger partial charge in [0, 0.05) is 11.7 Å². The molecule has 116 valence electrons. The highest BCUT2D eigenvalue weighted by Gasteiger charge is 2.28. The number of carbonyl (C=O) groups excluding carboxylic acids is 1. The van der Waals surface area contributed by atoms with Gasteiger partial charge >= 0.3 is 0 Å². The van der Waals surface area contributed by atoms with Crippen LogP contribution in [0.5, 0.6) is 0 Å². The van der Waals surface area contributed by atoms with E-state index in [1.807, 2.05) is 6.92 Å². The molecule has 2 aromatic rings. The van der Waals surface area contributed by atoms with Gasteiger partial charge in [-0.15, -0.1) is 10.2 Å². The summed E-state index contributed by atoms with van der Waals surface area (Å²) in [5.41, 5.74) is 1.02. The zero-order valence-electron chi connectivity index (χ0n) is 12.5. The van der Waals surface area contributed by atoms with E-state index in [2.05, 4.69) is 20.1 Å². The van der Waals surface area contributed by atoms with Crippen molar-refractivity contribution in [1.82, 2.24) is 14.8 Å². The molecular formula is C15H17FN4OS. The fraction of sp³-hybridized carbons (Fsp3) is 0.400. The van der Waals surface area contributed by atoms with Gasteiger partial charge in [-0.25, -0.2) is 4.39 Å². The minimum absolute atomic E-state index is 0.184. The highest BCUT2D eigenvalue weighted by molar-refractivity contribution is 7.99. The molecule has 1 heterocycles. The van der Waals surface area contributed by atoms with Crippen molar-refractivity contribution in [2.24, 2.45) is 0 Å². The van der Waals surface area contributed by atoms with Gasteiger partial charge in [0.15, 0.2) is 5.16 Å². The summed E-state index contributed by atoms with van der Waals surface area (Å²) < 4.78 is 15.5. The summed E-state index contributed by atoms with van der Waals surface area (Å²) in [5.74, 6) is 0.595. The molecule has 1 saturated carbocycles. The standard InChI is InChI=1S/C15H17FN4OS/c1-9-3-4-11(7-13(9)16)17-14(21)8-22-15-19-18-10(2)20(15)12-5-6-12/h3-4,7,12H,5-6,8H2,1-2H3,(H,17,21). The molecule has 7 heteroatoms. The maximum atomic E-state index is 13.5. The van der Waals surface area contributed by atoms with E-state index in [4.69, 9.17) is 0 Å². The molecule has 0 spiro atoms. The number of hydrogen-bond acceptors (Lipinski definition) is 4. The zero-order chi connectivity index (χ0) is 15.7. The summed E-state index contributed by atoms with van der Waals surface area (Å²) in [6, 6.07) is 5.14. The molecule has 1 fully saturated rings. The van der Waals surface area contributed by atoms with Crippen molar-refractivity contribution in [3.05, 3.63) is 35.4 Å². The summed E-state index contributed by atoms with van der Waals surface area (Å²) in [6.45, 7) is 3.61. The van der Waals surface area contributed by atoms with E-state index in [9.17, 15) is 9.18 Å². The lowest BCUT2D eigenvalue weighted by Crippen LogP contribution is -2.15. The van der Waals surface area contributed by atoms with Gasteiger partial charge in [0.25, 0.3) is 0 Å². The van der Waals surface area contributed by atoms with E-state index in [0.29, 0.717) is 17.3 Å². The molecule has 1 aliphatic rings. The van der Waals surface area contributed by atoms with Gasteiger partial charge in [0.2, 0.25) is 5.91 Å². The number of benzene rings is 1. The van der Waals surface area contributed by atoms with Crippen LogP contribution in [0.25, 0.3) is 0 Å². The second-order valence-corrected chi connectivity index (χ2v) is 6.37. The van der Waals surface area contributed by atoms with Gasteiger partial charge in [0.05, 0.1) is 5.75 Å². The van der Waals surface area contributed by atoms with Crippen LogP contribution < -0.4 is 5.32 Å². The Balaban J connectivity index is 1.59. The Hall–Kier alpha value is -1.89. The molecule has 0 aliphatic heterocycles. The van der Waals surface area contributed by atoms with E-state index in [1.54, 1.807) is 19.1 Å². The van der Waals surface area contributed by atoms with Crippen molar-refractivity contribution < 1.29 is 9.18 Å². The van der Waals surface area contributed by atoms with Crippen LogP contribution in [0.2, 0.25) is 0 Å². The predicted molar refractivity (Wildman–Crippen MR) is 83.5 cm³/mol. The lowest BCUT2D eigenvalue weighted by molar-refractivity contribution is -0.113. The Morgan fingerprint density at radius 2 is 2.18 bits per heavy atom. The van der Waals surface area contributed by atoms with Crippen LogP contribution in [0.1, 0.15) is 30.3 Å². The van der Waals surface area contributed by atoms with E-state index in [0.717, 1.165) is 23.8 Å². The number of aryl methyl sites for hydroxylation is 2. The fourth-order valence-corrected chi connectivity index (χ4v) is 3.05. The van der Waals surface area contributed by atoms with Crippen molar-refractivity contribution in [2.45, 2.75) is 37.9 Å². The van der Waals surface area contributed by atoms with Gasteiger partial charge in [0.1, 0.15) is 11.6 Å². The molecule has 5 nitrogen and oxygen atoms in total. The summed E-state index contributed by atoms with van der Waals surface area (Å²) in [7, 11) is 0. The number of aromatic nitrogens is 3. The second-order valence-electron chi connectivity index (χ2n) is 5.43. The van der Waals surface area contributed by atoms with Gasteiger partial charge < -0.3 is 9.88 Å². The van der Waals surface area contributed by atoms with E-state index in [-0.39, 0.29) is 17.5 Å². The number of carbonyl (C=O) groups is 1. The molecule has 1 amide bonds. The molecule has 3 rings (SSSR count). The van der Waals surface area contributed by atoms with Crippen LogP contribution in [0.4, 0.5) is 10.1 Å². The summed E-state index contributed by atoms with van der Waals surface area (Å²) in [4.78, 5) is 12.0. The van der Waals surface area contributed by atoms with E-state index >= 15 is 0 Å². The highest BCUT2D eigenvalue weighted by Crippen LogP contribution is 2.38. The zero-order valence-corrected chi connectivity index (χ0v) is 13.3. The van der Waals surface area contributed by atoms with Crippen LogP contribution in [0.15, 0.2) is 23.4 Å². The summed E-state index contributed by atoms with van der Waals surface area (Å²) in [6.07, 6.45) is 2.28. The Labute approximate surface area is 132 Å². The number of nitrogens with one attached hydrogen (secondary N) is 1. The Kier molecular flexibility index (Phi) is 4.15. The molecule has 1 aliphatic carbocycles. The molecule has 1 aromatic heterocycles. The Morgan fingerprint density at radius 3 is 2.86 bits per heavy atom. The van der Waals surface area contributed by atoms with Crippen molar-refractivity contribution in [2.75, 3.05) is 11.1 Å². The third-order valence-electron chi connectivity index (χ3n) is 3.53. The fourth-order valence-electron chi connectivity index (χ4n) is 2.20. The van der Waals surface area contributed by atoms with Crippen molar-refractivity contribution in [3.63, 3.8) is 0 Å². The number of rotatable bonds is 5. The normalized spacial score (nSPS) is 14.1.